The van der Waals surface area contributed by atoms with Crippen molar-refractivity contribution in [3.8, 4) is 0 Å². The third-order valence-electron chi connectivity index (χ3n) is 2.30. The molecule has 0 aliphatic heterocycles. The van der Waals surface area contributed by atoms with E-state index in [9.17, 15) is 4.79 Å². The predicted octanol–water partition coefficient (Wildman–Crippen LogP) is 1.46. The van der Waals surface area contributed by atoms with Crippen LogP contribution in [-0.2, 0) is 9.53 Å². The van der Waals surface area contributed by atoms with Gasteiger partial charge in [0, 0.05) is 23.9 Å². The molecule has 5 nitrogen and oxygen atoms in total. The van der Waals surface area contributed by atoms with E-state index in [0.29, 0.717) is 0 Å². The number of aromatic nitrogens is 2. The van der Waals surface area contributed by atoms with Crippen LogP contribution in [0, 0.1) is 6.92 Å². The molecule has 2 N–H and O–H groups in total. The van der Waals surface area contributed by atoms with Crippen LogP contribution in [-0.4, -0.2) is 29.8 Å². The maximum absolute atomic E-state index is 11.3. The molecule has 0 fully saturated rings. The Morgan fingerprint density at radius 2 is 2.38 bits per heavy atom. The van der Waals surface area contributed by atoms with Crippen LogP contribution in [0.4, 0.5) is 5.69 Å². The number of nitrogens with zero attached hydrogens (tertiary/aromatic N) is 1. The number of carbonyl (C=O) groups is 1. The highest BCUT2D eigenvalue weighted by Gasteiger charge is 2.05. The SMILES string of the molecule is COCC(=O)Nc1ccc2c(C)[nH]nc2c1. The van der Waals surface area contributed by atoms with Crippen LogP contribution in [0.1, 0.15) is 5.69 Å². The Bertz CT molecular complexity index is 519. The zero-order chi connectivity index (χ0) is 11.5. The summed E-state index contributed by atoms with van der Waals surface area (Å²) < 4.78 is 4.73. The summed E-state index contributed by atoms with van der Waals surface area (Å²) in [6.45, 7) is 2.01. The molecule has 0 atom stereocenters. The molecule has 0 aliphatic carbocycles. The number of amides is 1. The predicted molar refractivity (Wildman–Crippen MR) is 61.3 cm³/mol. The molecule has 0 spiro atoms. The number of methoxy groups -OCH3 is 1. The Morgan fingerprint density at radius 3 is 3.12 bits per heavy atom. The molecule has 1 aromatic heterocycles. The smallest absolute Gasteiger partial charge is 0.250 e. The first-order valence-corrected chi connectivity index (χ1v) is 4.94. The molecule has 0 aliphatic rings. The lowest BCUT2D eigenvalue weighted by Crippen LogP contribution is -2.16. The average molecular weight is 219 g/mol. The summed E-state index contributed by atoms with van der Waals surface area (Å²) in [5.41, 5.74) is 2.58. The zero-order valence-electron chi connectivity index (χ0n) is 9.20. The van der Waals surface area contributed by atoms with Crippen molar-refractivity contribution in [1.82, 2.24) is 10.2 Å². The first-order valence-electron chi connectivity index (χ1n) is 4.94. The molecule has 1 heterocycles. The van der Waals surface area contributed by atoms with Gasteiger partial charge in [-0.3, -0.25) is 9.89 Å². The average Bonchev–Trinajstić information content (AvgIpc) is 2.60. The van der Waals surface area contributed by atoms with Gasteiger partial charge in [0.05, 0.1) is 5.52 Å². The molecule has 84 valence electrons. The molecule has 0 radical (unpaired) electrons. The fraction of sp³-hybridized carbons (Fsp3) is 0.273. The second-order valence-corrected chi connectivity index (χ2v) is 3.56. The maximum atomic E-state index is 11.3. The van der Waals surface area contributed by atoms with Gasteiger partial charge in [-0.2, -0.15) is 5.10 Å². The van der Waals surface area contributed by atoms with E-state index in [1.807, 2.05) is 25.1 Å². The van der Waals surface area contributed by atoms with Crippen molar-refractivity contribution in [2.45, 2.75) is 6.92 Å². The van der Waals surface area contributed by atoms with Gasteiger partial charge in [0.15, 0.2) is 0 Å². The molecule has 16 heavy (non-hydrogen) atoms. The zero-order valence-corrected chi connectivity index (χ0v) is 9.20. The van der Waals surface area contributed by atoms with E-state index in [-0.39, 0.29) is 12.5 Å². The van der Waals surface area contributed by atoms with Crippen molar-refractivity contribution < 1.29 is 9.53 Å². The van der Waals surface area contributed by atoms with Crippen molar-refractivity contribution in [2.24, 2.45) is 0 Å². The lowest BCUT2D eigenvalue weighted by molar-refractivity contribution is -0.119. The Balaban J connectivity index is 2.23. The monoisotopic (exact) mass is 219 g/mol. The highest BCUT2D eigenvalue weighted by molar-refractivity contribution is 5.94. The van der Waals surface area contributed by atoms with Crippen molar-refractivity contribution in [2.75, 3.05) is 19.0 Å². The van der Waals surface area contributed by atoms with E-state index in [1.54, 1.807) is 0 Å². The fourth-order valence-corrected chi connectivity index (χ4v) is 1.55. The molecule has 1 aromatic carbocycles. The van der Waals surface area contributed by atoms with Gasteiger partial charge in [-0.1, -0.05) is 0 Å². The van der Waals surface area contributed by atoms with Gasteiger partial charge in [-0.15, -0.1) is 0 Å². The van der Waals surface area contributed by atoms with Gasteiger partial charge < -0.3 is 10.1 Å². The summed E-state index contributed by atoms with van der Waals surface area (Å²) in [7, 11) is 1.49. The first-order chi connectivity index (χ1) is 7.70. The number of ether oxygens (including phenoxy) is 1. The summed E-state index contributed by atoms with van der Waals surface area (Å²) in [5.74, 6) is -0.172. The Morgan fingerprint density at radius 1 is 1.56 bits per heavy atom. The standard InChI is InChI=1S/C11H13N3O2/c1-7-9-4-3-8(5-10(9)14-13-7)12-11(15)6-16-2/h3-5H,6H2,1-2H3,(H,12,15)(H,13,14). The van der Waals surface area contributed by atoms with Crippen LogP contribution >= 0.6 is 0 Å². The maximum Gasteiger partial charge on any atom is 0.250 e. The van der Waals surface area contributed by atoms with Crippen LogP contribution < -0.4 is 5.32 Å². The molecular weight excluding hydrogens is 206 g/mol. The van der Waals surface area contributed by atoms with Gasteiger partial charge in [0.25, 0.3) is 0 Å². The minimum absolute atomic E-state index is 0.0532. The quantitative estimate of drug-likeness (QED) is 0.821. The van der Waals surface area contributed by atoms with Gasteiger partial charge in [0.1, 0.15) is 6.61 Å². The number of carbonyl (C=O) groups excluding carboxylic acids is 1. The number of aryl methyl sites for hydroxylation is 1. The van der Waals surface area contributed by atoms with E-state index in [4.69, 9.17) is 4.74 Å². The highest BCUT2D eigenvalue weighted by Crippen LogP contribution is 2.19. The second kappa shape index (κ2) is 4.32. The second-order valence-electron chi connectivity index (χ2n) is 3.56. The minimum atomic E-state index is -0.172. The first kappa shape index (κ1) is 10.6. The van der Waals surface area contributed by atoms with Crippen LogP contribution in [0.5, 0.6) is 0 Å². The molecule has 0 bridgehead atoms. The number of hydrogen-bond donors (Lipinski definition) is 2. The third kappa shape index (κ3) is 2.04. The Labute approximate surface area is 92.8 Å². The Hall–Kier alpha value is -1.88. The minimum Gasteiger partial charge on any atom is -0.375 e. The van der Waals surface area contributed by atoms with E-state index in [1.165, 1.54) is 7.11 Å². The van der Waals surface area contributed by atoms with Gasteiger partial charge in [0.2, 0.25) is 5.91 Å². The number of nitrogens with one attached hydrogen (secondary N) is 2. The molecule has 5 heteroatoms. The van der Waals surface area contributed by atoms with E-state index in [2.05, 4.69) is 15.5 Å². The lowest BCUT2D eigenvalue weighted by Gasteiger charge is -2.03. The van der Waals surface area contributed by atoms with Crippen molar-refractivity contribution >= 4 is 22.5 Å². The van der Waals surface area contributed by atoms with Gasteiger partial charge in [-0.25, -0.2) is 0 Å². The summed E-state index contributed by atoms with van der Waals surface area (Å²) in [4.78, 5) is 11.3. The van der Waals surface area contributed by atoms with Gasteiger partial charge >= 0.3 is 0 Å². The van der Waals surface area contributed by atoms with Crippen LogP contribution in [0.25, 0.3) is 10.9 Å². The number of H-pyrrole nitrogens is 1. The van der Waals surface area contributed by atoms with Gasteiger partial charge in [-0.05, 0) is 25.1 Å². The van der Waals surface area contributed by atoms with Crippen LogP contribution in [0.15, 0.2) is 18.2 Å². The van der Waals surface area contributed by atoms with Crippen LogP contribution in [0.3, 0.4) is 0 Å². The van der Waals surface area contributed by atoms with Crippen molar-refractivity contribution in [3.05, 3.63) is 23.9 Å². The van der Waals surface area contributed by atoms with E-state index < -0.39 is 0 Å². The normalized spacial score (nSPS) is 10.6. The molecule has 0 saturated heterocycles. The molecule has 0 unspecified atom stereocenters. The third-order valence-corrected chi connectivity index (χ3v) is 2.30. The largest absolute Gasteiger partial charge is 0.375 e. The molecule has 2 aromatic rings. The van der Waals surface area contributed by atoms with E-state index >= 15 is 0 Å². The molecule has 1 amide bonds. The summed E-state index contributed by atoms with van der Waals surface area (Å²) >= 11 is 0. The number of hydrogen-bond acceptors (Lipinski definition) is 3. The van der Waals surface area contributed by atoms with E-state index in [0.717, 1.165) is 22.3 Å². The summed E-state index contributed by atoms with van der Waals surface area (Å²) in [6.07, 6.45) is 0. The fourth-order valence-electron chi connectivity index (χ4n) is 1.55. The molecular formula is C11H13N3O2. The molecule has 0 saturated carbocycles. The number of rotatable bonds is 3. The summed E-state index contributed by atoms with van der Waals surface area (Å²) in [5, 5.41) is 10.8. The molecule has 2 rings (SSSR count). The topological polar surface area (TPSA) is 67.0 Å². The van der Waals surface area contributed by atoms with Crippen molar-refractivity contribution in [3.63, 3.8) is 0 Å². The highest BCUT2D eigenvalue weighted by atomic mass is 16.5. The number of anilines is 1. The number of aromatic amines is 1. The Kier molecular flexibility index (Phi) is 2.87. The van der Waals surface area contributed by atoms with Crippen molar-refractivity contribution in [1.29, 1.82) is 0 Å². The summed E-state index contributed by atoms with van der Waals surface area (Å²) in [6, 6.07) is 5.60. The number of benzene rings is 1. The van der Waals surface area contributed by atoms with Crippen LogP contribution in [0.2, 0.25) is 0 Å². The lowest BCUT2D eigenvalue weighted by atomic mass is 10.2. The number of fused-ring (bicyclic) bond motifs is 1.